The van der Waals surface area contributed by atoms with E-state index in [1.54, 1.807) is 0 Å². The number of hydrogen-bond acceptors (Lipinski definition) is 5. The van der Waals surface area contributed by atoms with Gasteiger partial charge in [0, 0.05) is 7.05 Å². The maximum Gasteiger partial charge on any atom is 0.459 e. The summed E-state index contributed by atoms with van der Waals surface area (Å²) < 4.78 is 109. The number of amides is 1. The third kappa shape index (κ3) is 4.59. The lowest BCUT2D eigenvalue weighted by atomic mass is 10.1. The van der Waals surface area contributed by atoms with Crippen LogP contribution in [0.25, 0.3) is 17.2 Å². The number of rotatable bonds is 5. The number of alkyl halides is 8. The summed E-state index contributed by atoms with van der Waals surface area (Å²) in [5.74, 6) is -7.50. The molecular weight excluding hydrogens is 542 g/mol. The smallest absolute Gasteiger partial charge is 0.334 e. The van der Waals surface area contributed by atoms with Crippen molar-refractivity contribution >= 4 is 17.5 Å². The van der Waals surface area contributed by atoms with E-state index in [4.69, 9.17) is 16.9 Å². The number of hydrogen-bond donors (Lipinski definition) is 1. The summed E-state index contributed by atoms with van der Waals surface area (Å²) >= 11 is 6.06. The summed E-state index contributed by atoms with van der Waals surface area (Å²) in [5, 5.41) is 18.2. The molecule has 3 aromatic rings. The van der Waals surface area contributed by atoms with Crippen LogP contribution in [0, 0.1) is 11.3 Å². The number of carbonyl (C=O) groups is 1. The van der Waals surface area contributed by atoms with Crippen LogP contribution in [0.2, 0.25) is 5.02 Å². The van der Waals surface area contributed by atoms with Gasteiger partial charge in [0.1, 0.15) is 23.1 Å². The van der Waals surface area contributed by atoms with Crippen molar-refractivity contribution in [3.05, 3.63) is 46.4 Å². The standard InChI is InChI=1S/C20H12ClF8N7O/c1-35-13(12(19(24,25)26)14(33-35)18(22,23)20(27,28)29)15-31-8-36(34-15)9-2-3-11(21)10(6-9)16(37)32-17(7-30)4-5-17/h2-3,6,8H,4-5H2,1H3,(H,32,37). The molecule has 0 aliphatic heterocycles. The molecule has 1 aliphatic carbocycles. The van der Waals surface area contributed by atoms with E-state index in [0.717, 1.165) is 18.1 Å². The molecule has 4 rings (SSSR count). The molecule has 0 saturated heterocycles. The summed E-state index contributed by atoms with van der Waals surface area (Å²) in [4.78, 5) is 16.2. The normalized spacial score (nSPS) is 15.4. The molecule has 1 aromatic carbocycles. The van der Waals surface area contributed by atoms with Gasteiger partial charge in [-0.05, 0) is 31.0 Å². The zero-order valence-electron chi connectivity index (χ0n) is 18.2. The van der Waals surface area contributed by atoms with Gasteiger partial charge in [-0.3, -0.25) is 9.48 Å². The predicted molar refractivity (Wildman–Crippen MR) is 109 cm³/mol. The second-order valence-corrected chi connectivity index (χ2v) is 8.50. The van der Waals surface area contributed by atoms with Crippen LogP contribution < -0.4 is 5.32 Å². The van der Waals surface area contributed by atoms with Crippen molar-refractivity contribution in [1.29, 1.82) is 5.26 Å². The van der Waals surface area contributed by atoms with Crippen LogP contribution in [0.4, 0.5) is 35.1 Å². The maximum atomic E-state index is 13.9. The molecule has 37 heavy (non-hydrogen) atoms. The largest absolute Gasteiger partial charge is 0.459 e. The van der Waals surface area contributed by atoms with Gasteiger partial charge >= 0.3 is 18.3 Å². The van der Waals surface area contributed by atoms with Crippen LogP contribution in [0.15, 0.2) is 24.5 Å². The van der Waals surface area contributed by atoms with Gasteiger partial charge in [0.25, 0.3) is 5.91 Å². The van der Waals surface area contributed by atoms with Crippen LogP contribution in [0.3, 0.4) is 0 Å². The molecule has 1 saturated carbocycles. The zero-order valence-corrected chi connectivity index (χ0v) is 19.0. The summed E-state index contributed by atoms with van der Waals surface area (Å²) in [6.07, 6.45) is -10.3. The van der Waals surface area contributed by atoms with Crippen molar-refractivity contribution in [3.63, 3.8) is 0 Å². The van der Waals surface area contributed by atoms with E-state index in [2.05, 4.69) is 20.5 Å². The van der Waals surface area contributed by atoms with Crippen LogP contribution >= 0.6 is 11.6 Å². The molecule has 0 radical (unpaired) electrons. The van der Waals surface area contributed by atoms with Gasteiger partial charge in [0.2, 0.25) is 0 Å². The lowest BCUT2D eigenvalue weighted by Crippen LogP contribution is -2.36. The van der Waals surface area contributed by atoms with Crippen LogP contribution in [-0.4, -0.2) is 42.2 Å². The summed E-state index contributed by atoms with van der Waals surface area (Å²) in [7, 11) is 0.731. The fraction of sp³-hybridized carbons (Fsp3) is 0.350. The lowest BCUT2D eigenvalue weighted by Gasteiger charge is -2.19. The molecule has 0 atom stereocenters. The molecule has 1 N–H and O–H groups in total. The Balaban J connectivity index is 1.77. The molecule has 1 fully saturated rings. The van der Waals surface area contributed by atoms with Gasteiger partial charge in [-0.2, -0.15) is 45.5 Å². The van der Waals surface area contributed by atoms with Crippen molar-refractivity contribution in [2.45, 2.75) is 36.7 Å². The van der Waals surface area contributed by atoms with E-state index < -0.39 is 52.5 Å². The van der Waals surface area contributed by atoms with Crippen molar-refractivity contribution in [3.8, 4) is 23.3 Å². The number of nitrogens with one attached hydrogen (secondary N) is 1. The van der Waals surface area contributed by atoms with Gasteiger partial charge in [0.15, 0.2) is 11.5 Å². The van der Waals surface area contributed by atoms with Gasteiger partial charge in [0.05, 0.1) is 22.3 Å². The highest BCUT2D eigenvalue weighted by Crippen LogP contribution is 2.49. The van der Waals surface area contributed by atoms with E-state index in [9.17, 15) is 39.9 Å². The second kappa shape index (κ2) is 8.40. The minimum absolute atomic E-state index is 0.0275. The summed E-state index contributed by atoms with van der Waals surface area (Å²) in [6.45, 7) is 0. The molecule has 196 valence electrons. The van der Waals surface area contributed by atoms with E-state index in [1.165, 1.54) is 18.2 Å². The summed E-state index contributed by atoms with van der Waals surface area (Å²) in [5.41, 5.74) is -7.23. The third-order valence-electron chi connectivity index (χ3n) is 5.46. The van der Waals surface area contributed by atoms with E-state index >= 15 is 0 Å². The zero-order chi connectivity index (χ0) is 27.6. The molecule has 0 unspecified atom stereocenters. The molecule has 2 heterocycles. The minimum Gasteiger partial charge on any atom is -0.334 e. The first-order valence-electron chi connectivity index (χ1n) is 10.1. The van der Waals surface area contributed by atoms with Crippen LogP contribution in [0.5, 0.6) is 0 Å². The Bertz CT molecular complexity index is 1430. The average Bonchev–Trinajstić information content (AvgIpc) is 3.21. The maximum absolute atomic E-state index is 13.9. The van der Waals surface area contributed by atoms with E-state index in [0.29, 0.717) is 12.8 Å². The molecule has 17 heteroatoms. The molecule has 1 aliphatic rings. The Kier molecular flexibility index (Phi) is 5.98. The van der Waals surface area contributed by atoms with Gasteiger partial charge in [-0.1, -0.05) is 11.6 Å². The molecule has 8 nitrogen and oxygen atoms in total. The highest BCUT2D eigenvalue weighted by Gasteiger charge is 2.64. The summed E-state index contributed by atoms with van der Waals surface area (Å²) in [6, 6.07) is 5.69. The number of nitrogens with zero attached hydrogens (tertiary/aromatic N) is 6. The van der Waals surface area contributed by atoms with Crippen molar-refractivity contribution in [2.75, 3.05) is 0 Å². The molecule has 0 spiro atoms. The SMILES string of the molecule is Cn1nc(C(F)(F)C(F)(F)F)c(C(F)(F)F)c1-c1ncn(-c2ccc(Cl)c(C(=O)NC3(C#N)CC3)c2)n1. The van der Waals surface area contributed by atoms with Gasteiger partial charge in [-0.25, -0.2) is 9.67 Å². The fourth-order valence-corrected chi connectivity index (χ4v) is 3.61. The van der Waals surface area contributed by atoms with Gasteiger partial charge in [-0.15, -0.1) is 5.10 Å². The Morgan fingerprint density at radius 1 is 1.14 bits per heavy atom. The number of benzene rings is 1. The Hall–Kier alpha value is -3.74. The third-order valence-corrected chi connectivity index (χ3v) is 5.79. The van der Waals surface area contributed by atoms with E-state index in [-0.39, 0.29) is 21.0 Å². The first-order valence-corrected chi connectivity index (χ1v) is 10.4. The van der Waals surface area contributed by atoms with Crippen molar-refractivity contribution in [2.24, 2.45) is 7.05 Å². The monoisotopic (exact) mass is 553 g/mol. The van der Waals surface area contributed by atoms with Crippen LogP contribution in [-0.2, 0) is 19.1 Å². The molecule has 1 amide bonds. The quantitative estimate of drug-likeness (QED) is 0.458. The Morgan fingerprint density at radius 2 is 1.78 bits per heavy atom. The fourth-order valence-electron chi connectivity index (χ4n) is 3.40. The highest BCUT2D eigenvalue weighted by atomic mass is 35.5. The first-order chi connectivity index (χ1) is 17.0. The number of nitriles is 1. The Labute approximate surface area is 206 Å². The number of aryl methyl sites for hydroxylation is 1. The van der Waals surface area contributed by atoms with Crippen molar-refractivity contribution < 1.29 is 39.9 Å². The highest BCUT2D eigenvalue weighted by molar-refractivity contribution is 6.34. The number of aromatic nitrogens is 5. The first kappa shape index (κ1) is 26.3. The Morgan fingerprint density at radius 3 is 2.32 bits per heavy atom. The van der Waals surface area contributed by atoms with Crippen molar-refractivity contribution in [1.82, 2.24) is 29.9 Å². The molecule has 0 bridgehead atoms. The average molecular weight is 554 g/mol. The second-order valence-electron chi connectivity index (χ2n) is 8.09. The van der Waals surface area contributed by atoms with Gasteiger partial charge < -0.3 is 5.32 Å². The number of carbonyl (C=O) groups excluding carboxylic acids is 1. The van der Waals surface area contributed by atoms with E-state index in [1.807, 2.05) is 6.07 Å². The topological polar surface area (TPSA) is 101 Å². The minimum atomic E-state index is -6.35. The molecule has 2 aromatic heterocycles. The van der Waals surface area contributed by atoms with Crippen LogP contribution in [0.1, 0.15) is 34.5 Å². The number of halogens is 9. The lowest BCUT2D eigenvalue weighted by molar-refractivity contribution is -0.292. The predicted octanol–water partition coefficient (Wildman–Crippen LogP) is 4.78. The molecular formula is C20H12ClF8N7O.